The van der Waals surface area contributed by atoms with Gasteiger partial charge < -0.3 is 14.2 Å². The van der Waals surface area contributed by atoms with Crippen molar-refractivity contribution in [1.29, 1.82) is 0 Å². The lowest BCUT2D eigenvalue weighted by atomic mass is 10.0. The van der Waals surface area contributed by atoms with Crippen molar-refractivity contribution in [1.82, 2.24) is 0 Å². The molecule has 0 heterocycles. The van der Waals surface area contributed by atoms with E-state index in [1.54, 1.807) is 0 Å². The highest BCUT2D eigenvalue weighted by atomic mass is 16.6. The number of allylic oxidation sites excluding steroid dienone is 12. The van der Waals surface area contributed by atoms with Gasteiger partial charge in [0.15, 0.2) is 6.10 Å². The molecule has 0 saturated heterocycles. The minimum Gasteiger partial charge on any atom is -0.462 e. The van der Waals surface area contributed by atoms with Crippen molar-refractivity contribution in [3.05, 3.63) is 72.9 Å². The lowest BCUT2D eigenvalue weighted by Gasteiger charge is -2.18. The summed E-state index contributed by atoms with van der Waals surface area (Å²) in [6.07, 6.45) is 91.0. The monoisotopic (exact) mass is 1130 g/mol. The number of carbonyl (C=O) groups excluding carboxylic acids is 3. The van der Waals surface area contributed by atoms with Crippen LogP contribution in [0.2, 0.25) is 0 Å². The third-order valence-electron chi connectivity index (χ3n) is 15.7. The molecule has 6 nitrogen and oxygen atoms in total. The van der Waals surface area contributed by atoms with E-state index in [0.717, 1.165) is 103 Å². The van der Waals surface area contributed by atoms with E-state index >= 15 is 0 Å². The molecule has 0 spiro atoms. The van der Waals surface area contributed by atoms with Crippen molar-refractivity contribution in [3.63, 3.8) is 0 Å². The summed E-state index contributed by atoms with van der Waals surface area (Å²) >= 11 is 0. The molecule has 0 N–H and O–H groups in total. The standard InChI is InChI=1S/C75H134O6/c1-4-7-10-13-16-19-22-25-28-29-30-31-32-33-34-35-36-37-38-39-40-41-42-43-44-45-48-50-53-56-59-62-65-68-74(77)80-71-72(81-75(78)69-66-63-60-57-54-51-47-27-24-21-18-15-12-9-6-3)70-79-73(76)67-64-61-58-55-52-49-46-26-23-20-17-14-11-8-5-2/h9,12,17-18,20-21,26-27,46-47,54,57,72H,4-8,10-11,13-16,19,22-25,28-45,48-53,55-56,58-71H2,1-3H3/b12-9-,20-17-,21-18-,46-26-,47-27-,57-54-. The first kappa shape index (κ1) is 77.9. The highest BCUT2D eigenvalue weighted by Gasteiger charge is 2.19. The molecule has 0 aliphatic rings. The van der Waals surface area contributed by atoms with E-state index in [-0.39, 0.29) is 37.5 Å². The molecule has 470 valence electrons. The molecular weight excluding hydrogens is 997 g/mol. The van der Waals surface area contributed by atoms with Gasteiger partial charge in [0.05, 0.1) is 0 Å². The van der Waals surface area contributed by atoms with Crippen molar-refractivity contribution >= 4 is 17.9 Å². The summed E-state index contributed by atoms with van der Waals surface area (Å²) in [7, 11) is 0. The summed E-state index contributed by atoms with van der Waals surface area (Å²) in [5.74, 6) is -0.934. The van der Waals surface area contributed by atoms with Crippen LogP contribution in [0.5, 0.6) is 0 Å². The molecule has 0 aliphatic carbocycles. The fourth-order valence-corrected chi connectivity index (χ4v) is 10.4. The molecule has 81 heavy (non-hydrogen) atoms. The van der Waals surface area contributed by atoms with Gasteiger partial charge in [-0.3, -0.25) is 14.4 Å². The van der Waals surface area contributed by atoms with Crippen LogP contribution in [0.4, 0.5) is 0 Å². The van der Waals surface area contributed by atoms with E-state index in [9.17, 15) is 14.4 Å². The second-order valence-corrected chi connectivity index (χ2v) is 23.8. The zero-order valence-electron chi connectivity index (χ0n) is 54.1. The number of unbranched alkanes of at least 4 members (excludes halogenated alkanes) is 42. The minimum absolute atomic E-state index is 0.0941. The minimum atomic E-state index is -0.803. The van der Waals surface area contributed by atoms with Crippen LogP contribution in [-0.4, -0.2) is 37.2 Å². The fourth-order valence-electron chi connectivity index (χ4n) is 10.4. The number of esters is 3. The number of hydrogen-bond acceptors (Lipinski definition) is 6. The quantitative estimate of drug-likeness (QED) is 0.0261. The van der Waals surface area contributed by atoms with E-state index in [1.165, 1.54) is 218 Å². The molecule has 0 aromatic rings. The first-order valence-electron chi connectivity index (χ1n) is 35.4. The molecule has 0 aromatic heterocycles. The van der Waals surface area contributed by atoms with E-state index in [1.807, 2.05) is 0 Å². The van der Waals surface area contributed by atoms with E-state index < -0.39 is 6.10 Å². The molecule has 6 heteroatoms. The maximum Gasteiger partial charge on any atom is 0.306 e. The Morgan fingerprint density at radius 2 is 0.481 bits per heavy atom. The third-order valence-corrected chi connectivity index (χ3v) is 15.7. The average Bonchev–Trinajstić information content (AvgIpc) is 3.47. The van der Waals surface area contributed by atoms with Gasteiger partial charge >= 0.3 is 17.9 Å². The Bertz CT molecular complexity index is 1490. The molecule has 0 saturated carbocycles. The maximum atomic E-state index is 12.9. The van der Waals surface area contributed by atoms with Gasteiger partial charge in [-0.1, -0.05) is 331 Å². The zero-order chi connectivity index (χ0) is 58.5. The van der Waals surface area contributed by atoms with Gasteiger partial charge in [-0.25, -0.2) is 0 Å². The number of carbonyl (C=O) groups is 3. The van der Waals surface area contributed by atoms with Crippen molar-refractivity contribution in [2.75, 3.05) is 13.2 Å². The summed E-state index contributed by atoms with van der Waals surface area (Å²) in [5.41, 5.74) is 0. The Labute approximate surface area is 503 Å². The fraction of sp³-hybridized carbons (Fsp3) is 0.800. The molecule has 1 unspecified atom stereocenters. The molecule has 0 aromatic carbocycles. The van der Waals surface area contributed by atoms with Crippen molar-refractivity contribution in [2.24, 2.45) is 0 Å². The molecule has 1 atom stereocenters. The third kappa shape index (κ3) is 67.5. The highest BCUT2D eigenvalue weighted by Crippen LogP contribution is 2.18. The Morgan fingerprint density at radius 3 is 0.802 bits per heavy atom. The summed E-state index contributed by atoms with van der Waals surface area (Å²) in [6.45, 7) is 6.50. The van der Waals surface area contributed by atoms with Crippen LogP contribution in [0.3, 0.4) is 0 Å². The number of rotatable bonds is 65. The first-order chi connectivity index (χ1) is 40.0. The second kappa shape index (κ2) is 69.3. The topological polar surface area (TPSA) is 78.9 Å². The van der Waals surface area contributed by atoms with Gasteiger partial charge in [0.25, 0.3) is 0 Å². The lowest BCUT2D eigenvalue weighted by Crippen LogP contribution is -2.30. The molecule has 0 amide bonds. The van der Waals surface area contributed by atoms with Crippen LogP contribution in [-0.2, 0) is 28.6 Å². The normalized spacial score (nSPS) is 12.5. The van der Waals surface area contributed by atoms with Gasteiger partial charge in [-0.05, 0) is 89.9 Å². The van der Waals surface area contributed by atoms with E-state index in [4.69, 9.17) is 14.2 Å². The van der Waals surface area contributed by atoms with Crippen molar-refractivity contribution < 1.29 is 28.6 Å². The van der Waals surface area contributed by atoms with Gasteiger partial charge in [0, 0.05) is 19.3 Å². The Morgan fingerprint density at radius 1 is 0.259 bits per heavy atom. The van der Waals surface area contributed by atoms with Crippen LogP contribution in [0.15, 0.2) is 72.9 Å². The smallest absolute Gasteiger partial charge is 0.306 e. The predicted octanol–water partition coefficient (Wildman–Crippen LogP) is 24.4. The lowest BCUT2D eigenvalue weighted by molar-refractivity contribution is -0.167. The SMILES string of the molecule is CC/C=C\C/C=C\C/C=C\C/C=C\CCCCC(=O)OC(COC(=O)CCCCCCC/C=C\C/C=C\CCCCC)COC(=O)CCCCCCCCCCCCCCCCCCCCCCCCCCCCCCCCCCC. The van der Waals surface area contributed by atoms with Crippen LogP contribution in [0, 0.1) is 0 Å². The molecule has 0 fully saturated rings. The van der Waals surface area contributed by atoms with Crippen LogP contribution in [0.1, 0.15) is 367 Å². The largest absolute Gasteiger partial charge is 0.462 e. The number of ether oxygens (including phenoxy) is 3. The predicted molar refractivity (Wildman–Crippen MR) is 353 cm³/mol. The van der Waals surface area contributed by atoms with Crippen molar-refractivity contribution in [3.8, 4) is 0 Å². The van der Waals surface area contributed by atoms with E-state index in [0.29, 0.717) is 19.3 Å². The van der Waals surface area contributed by atoms with E-state index in [2.05, 4.69) is 93.7 Å². The highest BCUT2D eigenvalue weighted by molar-refractivity contribution is 5.71. The van der Waals surface area contributed by atoms with Gasteiger partial charge in [-0.15, -0.1) is 0 Å². The summed E-state index contributed by atoms with van der Waals surface area (Å²) in [5, 5.41) is 0. The summed E-state index contributed by atoms with van der Waals surface area (Å²) in [4.78, 5) is 38.3. The van der Waals surface area contributed by atoms with Crippen molar-refractivity contribution in [2.45, 2.75) is 374 Å². The van der Waals surface area contributed by atoms with Crippen LogP contribution in [0.25, 0.3) is 0 Å². The second-order valence-electron chi connectivity index (χ2n) is 23.8. The summed E-state index contributed by atoms with van der Waals surface area (Å²) < 4.78 is 16.9. The van der Waals surface area contributed by atoms with Crippen LogP contribution >= 0.6 is 0 Å². The van der Waals surface area contributed by atoms with Gasteiger partial charge in [0.1, 0.15) is 13.2 Å². The Kier molecular flexibility index (Phi) is 66.6. The van der Waals surface area contributed by atoms with Gasteiger partial charge in [0.2, 0.25) is 0 Å². The Hall–Kier alpha value is -3.15. The summed E-state index contributed by atoms with van der Waals surface area (Å²) in [6, 6.07) is 0. The molecular formula is C75H134O6. The maximum absolute atomic E-state index is 12.9. The Balaban J connectivity index is 4.15. The number of hydrogen-bond donors (Lipinski definition) is 0. The first-order valence-corrected chi connectivity index (χ1v) is 35.4. The van der Waals surface area contributed by atoms with Crippen LogP contribution < -0.4 is 0 Å². The zero-order valence-corrected chi connectivity index (χ0v) is 54.1. The average molecular weight is 1130 g/mol. The molecule has 0 rings (SSSR count). The van der Waals surface area contributed by atoms with Gasteiger partial charge in [-0.2, -0.15) is 0 Å². The molecule has 0 aliphatic heterocycles. The molecule has 0 radical (unpaired) electrons. The molecule has 0 bridgehead atoms.